The molecule has 0 aliphatic carbocycles. The average Bonchev–Trinajstić information content (AvgIpc) is 2.80. The molecule has 0 unspecified atom stereocenters. The minimum absolute atomic E-state index is 0.0630. The van der Waals surface area contributed by atoms with Crippen LogP contribution in [0.1, 0.15) is 30.0 Å². The van der Waals surface area contributed by atoms with Gasteiger partial charge in [0.25, 0.3) is 5.91 Å². The fraction of sp³-hybridized carbons (Fsp3) is 0.357. The Morgan fingerprint density at radius 1 is 1.30 bits per heavy atom. The van der Waals surface area contributed by atoms with Crippen molar-refractivity contribution in [3.63, 3.8) is 0 Å². The van der Waals surface area contributed by atoms with E-state index < -0.39 is 0 Å². The second kappa shape index (κ2) is 5.73. The van der Waals surface area contributed by atoms with Gasteiger partial charge >= 0.3 is 0 Å². The molecular formula is C14H18N4O2. The van der Waals surface area contributed by atoms with Gasteiger partial charge in [-0.05, 0) is 45.0 Å². The van der Waals surface area contributed by atoms with Crippen LogP contribution in [0.2, 0.25) is 0 Å². The van der Waals surface area contributed by atoms with Crippen molar-refractivity contribution in [2.75, 3.05) is 7.11 Å². The predicted octanol–water partition coefficient (Wildman–Crippen LogP) is 1.72. The van der Waals surface area contributed by atoms with E-state index in [2.05, 4.69) is 15.6 Å². The molecule has 1 aromatic heterocycles. The molecule has 6 nitrogen and oxygen atoms in total. The molecule has 0 fully saturated rings. The van der Waals surface area contributed by atoms with Gasteiger partial charge in [0.1, 0.15) is 5.75 Å². The number of aromatic nitrogens is 3. The van der Waals surface area contributed by atoms with Crippen molar-refractivity contribution in [3.05, 3.63) is 35.7 Å². The van der Waals surface area contributed by atoms with E-state index in [-0.39, 0.29) is 11.9 Å². The zero-order chi connectivity index (χ0) is 14.7. The summed E-state index contributed by atoms with van der Waals surface area (Å²) in [5.41, 5.74) is 1.88. The van der Waals surface area contributed by atoms with Crippen molar-refractivity contribution >= 4 is 5.91 Å². The van der Waals surface area contributed by atoms with Gasteiger partial charge in [-0.1, -0.05) is 5.21 Å². The smallest absolute Gasteiger partial charge is 0.273 e. The highest BCUT2D eigenvalue weighted by Gasteiger charge is 2.17. The summed E-state index contributed by atoms with van der Waals surface area (Å²) in [5, 5.41) is 10.8. The molecule has 0 saturated carbocycles. The number of amides is 1. The maximum absolute atomic E-state index is 12.0. The van der Waals surface area contributed by atoms with Gasteiger partial charge in [-0.15, -0.1) is 5.10 Å². The zero-order valence-electron chi connectivity index (χ0n) is 12.0. The number of methoxy groups -OCH3 is 1. The first-order valence-electron chi connectivity index (χ1n) is 6.40. The van der Waals surface area contributed by atoms with Crippen LogP contribution in [0.4, 0.5) is 0 Å². The van der Waals surface area contributed by atoms with Crippen molar-refractivity contribution in [1.82, 2.24) is 20.3 Å². The van der Waals surface area contributed by atoms with E-state index in [1.165, 1.54) is 0 Å². The molecule has 2 aromatic rings. The lowest BCUT2D eigenvalue weighted by Gasteiger charge is -2.07. The van der Waals surface area contributed by atoms with Gasteiger partial charge < -0.3 is 10.1 Å². The van der Waals surface area contributed by atoms with Crippen LogP contribution in [0.15, 0.2) is 24.3 Å². The van der Waals surface area contributed by atoms with Crippen LogP contribution in [0.3, 0.4) is 0 Å². The van der Waals surface area contributed by atoms with E-state index in [4.69, 9.17) is 4.74 Å². The first kappa shape index (κ1) is 14.0. The standard InChI is InChI=1S/C14H18N4O2/c1-9(2)15-14(19)13-10(3)18(17-16-13)11-5-7-12(20-4)8-6-11/h5-9H,1-4H3,(H,15,19). The van der Waals surface area contributed by atoms with Crippen LogP contribution in [0, 0.1) is 6.92 Å². The monoisotopic (exact) mass is 274 g/mol. The Bertz CT molecular complexity index is 602. The molecule has 20 heavy (non-hydrogen) atoms. The first-order valence-corrected chi connectivity index (χ1v) is 6.40. The lowest BCUT2D eigenvalue weighted by atomic mass is 10.2. The second-order valence-corrected chi connectivity index (χ2v) is 4.76. The van der Waals surface area contributed by atoms with Gasteiger partial charge in [0.05, 0.1) is 18.5 Å². The maximum Gasteiger partial charge on any atom is 0.273 e. The molecular weight excluding hydrogens is 256 g/mol. The van der Waals surface area contributed by atoms with E-state index in [9.17, 15) is 4.79 Å². The molecule has 0 spiro atoms. The number of nitrogens with one attached hydrogen (secondary N) is 1. The van der Waals surface area contributed by atoms with E-state index in [0.717, 1.165) is 11.4 Å². The van der Waals surface area contributed by atoms with Gasteiger partial charge in [-0.2, -0.15) is 0 Å². The summed E-state index contributed by atoms with van der Waals surface area (Å²) in [7, 11) is 1.62. The minimum Gasteiger partial charge on any atom is -0.497 e. The van der Waals surface area contributed by atoms with Crippen molar-refractivity contribution in [3.8, 4) is 11.4 Å². The molecule has 2 rings (SSSR count). The van der Waals surface area contributed by atoms with Gasteiger partial charge in [-0.25, -0.2) is 4.68 Å². The molecule has 0 bridgehead atoms. The molecule has 106 valence electrons. The molecule has 0 aliphatic rings. The number of carbonyl (C=O) groups excluding carboxylic acids is 1. The Balaban J connectivity index is 2.30. The lowest BCUT2D eigenvalue weighted by Crippen LogP contribution is -2.30. The number of nitrogens with zero attached hydrogens (tertiary/aromatic N) is 3. The van der Waals surface area contributed by atoms with E-state index >= 15 is 0 Å². The number of ether oxygens (including phenoxy) is 1. The highest BCUT2D eigenvalue weighted by molar-refractivity contribution is 5.93. The van der Waals surface area contributed by atoms with E-state index in [1.807, 2.05) is 45.0 Å². The summed E-state index contributed by atoms with van der Waals surface area (Å²) in [6.45, 7) is 5.63. The van der Waals surface area contributed by atoms with Crippen LogP contribution < -0.4 is 10.1 Å². The number of benzene rings is 1. The SMILES string of the molecule is COc1ccc(-n2nnc(C(=O)NC(C)C)c2C)cc1. The fourth-order valence-corrected chi connectivity index (χ4v) is 1.84. The molecule has 6 heteroatoms. The van der Waals surface area contributed by atoms with Crippen molar-refractivity contribution in [2.24, 2.45) is 0 Å². The normalized spacial score (nSPS) is 10.7. The van der Waals surface area contributed by atoms with Crippen molar-refractivity contribution < 1.29 is 9.53 Å². The molecule has 1 aromatic carbocycles. The summed E-state index contributed by atoms with van der Waals surface area (Å²) >= 11 is 0. The molecule has 1 heterocycles. The third-order valence-corrected chi connectivity index (χ3v) is 2.85. The molecule has 0 atom stereocenters. The summed E-state index contributed by atoms with van der Waals surface area (Å²) in [5.74, 6) is 0.557. The Labute approximate surface area is 117 Å². The Morgan fingerprint density at radius 3 is 2.50 bits per heavy atom. The Kier molecular flexibility index (Phi) is 4.02. The van der Waals surface area contributed by atoms with Gasteiger partial charge in [0, 0.05) is 6.04 Å². The Hall–Kier alpha value is -2.37. The number of rotatable bonds is 4. The van der Waals surface area contributed by atoms with Crippen molar-refractivity contribution in [2.45, 2.75) is 26.8 Å². The predicted molar refractivity (Wildman–Crippen MR) is 75.3 cm³/mol. The van der Waals surface area contributed by atoms with Gasteiger partial charge in [-0.3, -0.25) is 4.79 Å². The summed E-state index contributed by atoms with van der Waals surface area (Å²) in [6.07, 6.45) is 0. The third kappa shape index (κ3) is 2.79. The van der Waals surface area contributed by atoms with Gasteiger partial charge in [0.15, 0.2) is 5.69 Å². The highest BCUT2D eigenvalue weighted by atomic mass is 16.5. The molecule has 0 saturated heterocycles. The minimum atomic E-state index is -0.211. The molecule has 0 radical (unpaired) electrons. The molecule has 1 N–H and O–H groups in total. The molecule has 0 aliphatic heterocycles. The third-order valence-electron chi connectivity index (χ3n) is 2.85. The van der Waals surface area contributed by atoms with Crippen LogP contribution in [0.5, 0.6) is 5.75 Å². The summed E-state index contributed by atoms with van der Waals surface area (Å²) < 4.78 is 6.75. The van der Waals surface area contributed by atoms with Crippen LogP contribution in [0.25, 0.3) is 5.69 Å². The summed E-state index contributed by atoms with van der Waals surface area (Å²) in [6, 6.07) is 7.47. The first-order chi connectivity index (χ1) is 9.52. The maximum atomic E-state index is 12.0. The number of hydrogen-bond donors (Lipinski definition) is 1. The summed E-state index contributed by atoms with van der Waals surface area (Å²) in [4.78, 5) is 12.0. The number of carbonyl (C=O) groups is 1. The Morgan fingerprint density at radius 2 is 1.95 bits per heavy atom. The van der Waals surface area contributed by atoms with Crippen LogP contribution in [-0.2, 0) is 0 Å². The topological polar surface area (TPSA) is 69.0 Å². The number of hydrogen-bond acceptors (Lipinski definition) is 4. The molecule has 1 amide bonds. The lowest BCUT2D eigenvalue weighted by molar-refractivity contribution is 0.0937. The van der Waals surface area contributed by atoms with Crippen LogP contribution in [-0.4, -0.2) is 34.1 Å². The fourth-order valence-electron chi connectivity index (χ4n) is 1.84. The second-order valence-electron chi connectivity index (χ2n) is 4.76. The van der Waals surface area contributed by atoms with E-state index in [0.29, 0.717) is 11.4 Å². The highest BCUT2D eigenvalue weighted by Crippen LogP contribution is 2.16. The zero-order valence-corrected chi connectivity index (χ0v) is 12.0. The largest absolute Gasteiger partial charge is 0.497 e. The van der Waals surface area contributed by atoms with Gasteiger partial charge in [0.2, 0.25) is 0 Å². The van der Waals surface area contributed by atoms with E-state index in [1.54, 1.807) is 11.8 Å². The van der Waals surface area contributed by atoms with Crippen molar-refractivity contribution in [1.29, 1.82) is 0 Å². The average molecular weight is 274 g/mol. The quantitative estimate of drug-likeness (QED) is 0.921. The van der Waals surface area contributed by atoms with Crippen LogP contribution >= 0.6 is 0 Å².